The standard InChI is InChI=1S/C22H29ClF3N3O4.C13H18ClNO.C10H20N2O3.CO2/c1-21(2,3)33-20(32)28-8-6-18(30)17(12-28)29-7-4-5-16(19(29)31)27-15-10-13(22(24,25)26)9-14(23)11-15;1-3-11-4-5-13(16)15(11)12-7-9(2)6-10(14)8-12;1-10(2,3)15-9(14)12-5-4-8(13)7(11)6-12;2-1-3/h9-11,16-18,27,30H,4-8,12H2,1-3H3;6-8,11,13,16H,3-5H2,1-2H3;7-8,13H,4-6,11H2,1-3H3;/t16-,17+,18+;11-,13?;7-,8-;/m100./s1. The second-order valence-corrected chi connectivity index (χ2v) is 19.9. The molecule has 4 fully saturated rings. The largest absolute Gasteiger partial charge is 0.444 e. The lowest BCUT2D eigenvalue weighted by Crippen LogP contribution is -2.62. The highest BCUT2D eigenvalue weighted by molar-refractivity contribution is 6.31. The van der Waals surface area contributed by atoms with Crippen molar-refractivity contribution in [2.75, 3.05) is 42.9 Å². The molecule has 1 unspecified atom stereocenters. The minimum atomic E-state index is -4.57. The average molecular weight is 992 g/mol. The van der Waals surface area contributed by atoms with Crippen LogP contribution in [0.15, 0.2) is 36.4 Å². The molecule has 4 saturated heterocycles. The summed E-state index contributed by atoms with van der Waals surface area (Å²) in [5.74, 6) is -0.343. The third kappa shape index (κ3) is 17.9. The normalized spacial score (nSPS) is 24.4. The second-order valence-electron chi connectivity index (χ2n) is 19.0. The lowest BCUT2D eigenvalue weighted by molar-refractivity contribution is -0.191. The van der Waals surface area contributed by atoms with E-state index in [-0.39, 0.29) is 54.1 Å². The number of carbonyl (C=O) groups excluding carboxylic acids is 5. The Morgan fingerprint density at radius 3 is 1.88 bits per heavy atom. The number of piperidine rings is 3. The molecular formula is C46H67Cl2F3N6O10. The van der Waals surface area contributed by atoms with E-state index < -0.39 is 53.3 Å². The lowest BCUT2D eigenvalue weighted by atomic mass is 9.96. The van der Waals surface area contributed by atoms with Crippen molar-refractivity contribution in [2.45, 2.75) is 160 Å². The number of aryl methyl sites for hydroxylation is 1. The molecule has 0 aliphatic carbocycles. The maximum atomic E-state index is 13.2. The van der Waals surface area contributed by atoms with Crippen LogP contribution in [0.3, 0.4) is 0 Å². The predicted molar refractivity (Wildman–Crippen MR) is 246 cm³/mol. The van der Waals surface area contributed by atoms with Crippen molar-refractivity contribution in [3.05, 3.63) is 57.6 Å². The molecule has 0 radical (unpaired) electrons. The van der Waals surface area contributed by atoms with Gasteiger partial charge in [0.2, 0.25) is 5.91 Å². The molecule has 2 aromatic rings. The summed E-state index contributed by atoms with van der Waals surface area (Å²) >= 11 is 11.9. The molecule has 0 aromatic heterocycles. The molecular weight excluding hydrogens is 924 g/mol. The van der Waals surface area contributed by atoms with Crippen LogP contribution in [0.25, 0.3) is 0 Å². The zero-order valence-corrected chi connectivity index (χ0v) is 41.0. The third-order valence-corrected chi connectivity index (χ3v) is 11.6. The fourth-order valence-corrected chi connectivity index (χ4v) is 8.61. The van der Waals surface area contributed by atoms with E-state index in [9.17, 15) is 42.9 Å². The molecule has 6 rings (SSSR count). The van der Waals surface area contributed by atoms with Crippen molar-refractivity contribution >= 4 is 58.8 Å². The first-order valence-electron chi connectivity index (χ1n) is 22.3. The number of aliphatic hydroxyl groups excluding tert-OH is 3. The van der Waals surface area contributed by atoms with E-state index in [1.807, 2.05) is 39.8 Å². The van der Waals surface area contributed by atoms with Crippen LogP contribution in [0.4, 0.5) is 34.1 Å². The average Bonchev–Trinajstić information content (AvgIpc) is 3.59. The number of halogens is 5. The van der Waals surface area contributed by atoms with Crippen molar-refractivity contribution in [3.8, 4) is 0 Å². The van der Waals surface area contributed by atoms with Crippen LogP contribution in [-0.2, 0) is 30.0 Å². The van der Waals surface area contributed by atoms with E-state index >= 15 is 0 Å². The number of rotatable bonds is 5. The topological polar surface area (TPSA) is 216 Å². The van der Waals surface area contributed by atoms with Gasteiger partial charge in [-0.3, -0.25) is 4.79 Å². The number of benzene rings is 2. The minimum absolute atomic E-state index is 0.0922. The number of hydrogen-bond donors (Lipinski definition) is 5. The van der Waals surface area contributed by atoms with Crippen LogP contribution >= 0.6 is 23.2 Å². The molecule has 0 bridgehead atoms. The number of hydrogen-bond acceptors (Lipinski definition) is 13. The van der Waals surface area contributed by atoms with Crippen LogP contribution in [0, 0.1) is 6.92 Å². The summed E-state index contributed by atoms with van der Waals surface area (Å²) in [4.78, 5) is 60.2. The van der Waals surface area contributed by atoms with E-state index in [1.54, 1.807) is 25.7 Å². The lowest BCUT2D eigenvalue weighted by Gasteiger charge is -2.45. The summed E-state index contributed by atoms with van der Waals surface area (Å²) in [6.07, 6.45) is -2.11. The van der Waals surface area contributed by atoms with Gasteiger partial charge in [-0.25, -0.2) is 9.59 Å². The molecule has 0 saturated carbocycles. The number of aliphatic hydroxyl groups is 3. The summed E-state index contributed by atoms with van der Waals surface area (Å²) < 4.78 is 50.0. The van der Waals surface area contributed by atoms with Crippen molar-refractivity contribution in [1.82, 2.24) is 14.7 Å². The molecule has 4 heterocycles. The number of nitrogens with zero attached hydrogens (tertiary/aromatic N) is 4. The van der Waals surface area contributed by atoms with Gasteiger partial charge < -0.3 is 55.4 Å². The fraction of sp³-hybridized carbons (Fsp3) is 0.652. The van der Waals surface area contributed by atoms with Gasteiger partial charge in [-0.15, -0.1) is 0 Å². The molecule has 376 valence electrons. The highest BCUT2D eigenvalue weighted by atomic mass is 35.5. The Bertz CT molecular complexity index is 1980. The fourth-order valence-electron chi connectivity index (χ4n) is 8.09. The van der Waals surface area contributed by atoms with E-state index in [0.717, 1.165) is 47.7 Å². The van der Waals surface area contributed by atoms with Crippen molar-refractivity contribution in [3.63, 3.8) is 0 Å². The Morgan fingerprint density at radius 1 is 0.806 bits per heavy atom. The summed E-state index contributed by atoms with van der Waals surface area (Å²) in [5.41, 5.74) is 5.87. The first kappa shape index (κ1) is 57.0. The second kappa shape index (κ2) is 24.8. The summed E-state index contributed by atoms with van der Waals surface area (Å²) in [5, 5.41) is 33.5. The van der Waals surface area contributed by atoms with E-state index in [4.69, 9.17) is 48.0 Å². The predicted octanol–water partition coefficient (Wildman–Crippen LogP) is 7.21. The van der Waals surface area contributed by atoms with E-state index in [1.165, 1.54) is 15.9 Å². The number of nitrogens with two attached hydrogens (primary N) is 1. The Labute approximate surface area is 400 Å². The number of carbonyl (C=O) groups is 3. The Kier molecular flexibility index (Phi) is 21.1. The van der Waals surface area contributed by atoms with Gasteiger partial charge in [0.1, 0.15) is 23.5 Å². The first-order chi connectivity index (χ1) is 31.1. The van der Waals surface area contributed by atoms with Crippen molar-refractivity contribution < 1.29 is 61.9 Å². The van der Waals surface area contributed by atoms with E-state index in [0.29, 0.717) is 51.5 Å². The molecule has 7 atom stereocenters. The van der Waals surface area contributed by atoms with E-state index in [2.05, 4.69) is 23.2 Å². The summed E-state index contributed by atoms with van der Waals surface area (Å²) in [6.45, 7) is 16.6. The number of alkyl halides is 3. The van der Waals surface area contributed by atoms with Crippen molar-refractivity contribution in [2.24, 2.45) is 5.73 Å². The summed E-state index contributed by atoms with van der Waals surface area (Å²) in [6, 6.07) is 7.70. The van der Waals surface area contributed by atoms with Crippen LogP contribution in [0.2, 0.25) is 10.0 Å². The molecule has 21 heteroatoms. The molecule has 2 aromatic carbocycles. The minimum Gasteiger partial charge on any atom is -0.444 e. The van der Waals surface area contributed by atoms with Crippen LogP contribution < -0.4 is 16.0 Å². The Morgan fingerprint density at radius 2 is 1.36 bits per heavy atom. The summed E-state index contributed by atoms with van der Waals surface area (Å²) in [7, 11) is 0. The third-order valence-electron chi connectivity index (χ3n) is 11.2. The zero-order chi connectivity index (χ0) is 50.6. The maximum absolute atomic E-state index is 13.2. The Hall–Kier alpha value is -4.36. The molecule has 3 amide bonds. The van der Waals surface area contributed by atoms with Crippen LogP contribution in [-0.4, -0.2) is 141 Å². The van der Waals surface area contributed by atoms with Gasteiger partial charge in [0, 0.05) is 66.2 Å². The van der Waals surface area contributed by atoms with Gasteiger partial charge >= 0.3 is 24.5 Å². The number of anilines is 2. The Balaban J connectivity index is 0.000000290. The number of ether oxygens (including phenoxy) is 2. The van der Waals surface area contributed by atoms with Gasteiger partial charge in [-0.1, -0.05) is 30.1 Å². The maximum Gasteiger partial charge on any atom is 0.416 e. The monoisotopic (exact) mass is 990 g/mol. The molecule has 16 nitrogen and oxygen atoms in total. The van der Waals surface area contributed by atoms with Gasteiger partial charge in [0.25, 0.3) is 0 Å². The molecule has 0 spiro atoms. The SMILES string of the molecule is CC(C)(C)OC(=O)N1CC[C@H](O)[C@@H](N)C1.CC(C)(C)OC(=O)N1CC[C@H](O)[C@@H](N2CCC[C@@H](Nc3cc(Cl)cc(C(F)(F)F)c3)C2=O)C1.CC[C@H]1CCC(O)N1c1cc(C)cc(Cl)c1.O=C=O. The molecule has 67 heavy (non-hydrogen) atoms. The first-order valence-corrected chi connectivity index (χ1v) is 23.1. The number of likely N-dealkylation sites (tertiary alicyclic amines) is 3. The molecule has 6 N–H and O–H groups in total. The van der Waals surface area contributed by atoms with Crippen LogP contribution in [0.5, 0.6) is 0 Å². The quantitative estimate of drug-likeness (QED) is 0.201. The number of amides is 3. The number of nitrogens with one attached hydrogen (secondary N) is 1. The van der Waals surface area contributed by atoms with Gasteiger partial charge in [0.15, 0.2) is 0 Å². The molecule has 4 aliphatic heterocycles. The van der Waals surface area contributed by atoms with Gasteiger partial charge in [0.05, 0.1) is 23.8 Å². The van der Waals surface area contributed by atoms with Gasteiger partial charge in [-0.2, -0.15) is 22.8 Å². The highest BCUT2D eigenvalue weighted by Crippen LogP contribution is 2.35. The highest BCUT2D eigenvalue weighted by Gasteiger charge is 2.41. The molecule has 4 aliphatic rings. The van der Waals surface area contributed by atoms with Crippen LogP contribution in [0.1, 0.15) is 105 Å². The van der Waals surface area contributed by atoms with Gasteiger partial charge in [-0.05, 0) is 135 Å². The smallest absolute Gasteiger partial charge is 0.416 e. The zero-order valence-electron chi connectivity index (χ0n) is 39.4. The van der Waals surface area contributed by atoms with Crippen molar-refractivity contribution in [1.29, 1.82) is 0 Å².